The van der Waals surface area contributed by atoms with Crippen molar-refractivity contribution in [1.82, 2.24) is 9.88 Å². The van der Waals surface area contributed by atoms with Crippen molar-refractivity contribution in [2.24, 2.45) is 5.92 Å². The molecule has 1 aromatic carbocycles. The maximum Gasteiger partial charge on any atom is 0.413 e. The van der Waals surface area contributed by atoms with Crippen LogP contribution in [0.15, 0.2) is 41.0 Å². The third-order valence-corrected chi connectivity index (χ3v) is 5.84. The lowest BCUT2D eigenvalue weighted by Gasteiger charge is -2.31. The molecule has 3 rings (SSSR count). The van der Waals surface area contributed by atoms with Gasteiger partial charge >= 0.3 is 12.1 Å². The second kappa shape index (κ2) is 11.5. The highest BCUT2D eigenvalue weighted by Gasteiger charge is 2.29. The smallest absolute Gasteiger partial charge is 0.413 e. The fourth-order valence-electron chi connectivity index (χ4n) is 3.48. The summed E-state index contributed by atoms with van der Waals surface area (Å²) in [6.45, 7) is 5.97. The monoisotopic (exact) mass is 562 g/mol. The number of pyridine rings is 1. The van der Waals surface area contributed by atoms with E-state index in [2.05, 4.69) is 36.9 Å². The van der Waals surface area contributed by atoms with Gasteiger partial charge in [-0.1, -0.05) is 0 Å². The van der Waals surface area contributed by atoms with Gasteiger partial charge in [0.2, 0.25) is 5.78 Å². The third kappa shape index (κ3) is 7.74. The van der Waals surface area contributed by atoms with Gasteiger partial charge in [-0.25, -0.2) is 19.0 Å². The fraction of sp³-hybridized carbons (Fsp3) is 0.375. The van der Waals surface area contributed by atoms with Crippen molar-refractivity contribution < 1.29 is 23.5 Å². The number of halogens is 2. The Bertz CT molecular complexity index is 1140. The van der Waals surface area contributed by atoms with Gasteiger partial charge in [0.05, 0.1) is 16.4 Å². The number of rotatable bonds is 5. The first-order chi connectivity index (χ1) is 16.9. The van der Waals surface area contributed by atoms with E-state index in [0.29, 0.717) is 37.3 Å². The Morgan fingerprint density at radius 3 is 2.33 bits per heavy atom. The molecule has 1 aromatic heterocycles. The largest absolute Gasteiger partial charge is 0.444 e. The van der Waals surface area contributed by atoms with Gasteiger partial charge in [-0.05, 0) is 79.9 Å². The molecule has 3 amide bonds. The normalized spacial score (nSPS) is 14.1. The number of hydrogen-bond acceptors (Lipinski definition) is 6. The van der Waals surface area contributed by atoms with Crippen molar-refractivity contribution in [3.05, 3.63) is 46.8 Å². The number of ketones is 1. The first kappa shape index (κ1) is 27.1. The molecule has 0 saturated carbocycles. The molecule has 0 aliphatic carbocycles. The third-order valence-electron chi connectivity index (χ3n) is 5.23. The topological polar surface area (TPSA) is 137 Å². The zero-order chi connectivity index (χ0) is 26.5. The number of likely N-dealkylation sites (tertiary alicyclic amines) is 1. The second-order valence-corrected chi connectivity index (χ2v) is 10.1. The van der Waals surface area contributed by atoms with Crippen LogP contribution in [0.1, 0.15) is 33.6 Å². The van der Waals surface area contributed by atoms with Crippen LogP contribution in [0.5, 0.6) is 0 Å². The minimum Gasteiger partial charge on any atom is -0.444 e. The molecule has 1 aliphatic rings. The zero-order valence-electron chi connectivity index (χ0n) is 20.2. The van der Waals surface area contributed by atoms with Crippen molar-refractivity contribution in [3.63, 3.8) is 0 Å². The van der Waals surface area contributed by atoms with Crippen LogP contribution >= 0.6 is 15.9 Å². The van der Waals surface area contributed by atoms with E-state index >= 15 is 0 Å². The van der Waals surface area contributed by atoms with E-state index < -0.39 is 23.4 Å². The molecule has 10 nitrogen and oxygen atoms in total. The number of benzene rings is 1. The fourth-order valence-corrected chi connectivity index (χ4v) is 3.86. The lowest BCUT2D eigenvalue weighted by Crippen LogP contribution is -2.44. The first-order valence-electron chi connectivity index (χ1n) is 11.3. The van der Waals surface area contributed by atoms with Gasteiger partial charge in [-0.3, -0.25) is 15.5 Å². The lowest BCUT2D eigenvalue weighted by atomic mass is 9.92. The number of hydrogen-bond donors (Lipinski definition) is 4. The molecule has 0 bridgehead atoms. The number of carbonyl (C=O) groups excluding carboxylic acids is 3. The number of carbonyl (C=O) groups is 3. The SMILES string of the molecule is CC(C)(C)OC(=O)Nc1ccc(NC(=O)N2CCC(C(=O)C(=N)Nc3ccc(F)c(Br)c3)CC2)cn1. The van der Waals surface area contributed by atoms with Crippen LogP contribution in [0.4, 0.5) is 31.2 Å². The van der Waals surface area contributed by atoms with E-state index in [-0.39, 0.29) is 27.9 Å². The van der Waals surface area contributed by atoms with Gasteiger partial charge in [0.25, 0.3) is 0 Å². The van der Waals surface area contributed by atoms with Gasteiger partial charge in [0.1, 0.15) is 17.2 Å². The molecule has 2 aromatic rings. The highest BCUT2D eigenvalue weighted by Crippen LogP contribution is 2.23. The summed E-state index contributed by atoms with van der Waals surface area (Å²) in [4.78, 5) is 42.8. The maximum absolute atomic E-state index is 13.4. The molecule has 192 valence electrons. The van der Waals surface area contributed by atoms with Gasteiger partial charge in [-0.2, -0.15) is 0 Å². The van der Waals surface area contributed by atoms with E-state index in [4.69, 9.17) is 10.1 Å². The van der Waals surface area contributed by atoms with E-state index in [1.165, 1.54) is 24.4 Å². The zero-order valence-corrected chi connectivity index (χ0v) is 21.7. The molecular weight excluding hydrogens is 535 g/mol. The van der Waals surface area contributed by atoms with Crippen LogP contribution < -0.4 is 16.0 Å². The minimum absolute atomic E-state index is 0.233. The number of anilines is 3. The van der Waals surface area contributed by atoms with Crippen molar-refractivity contribution in [2.75, 3.05) is 29.0 Å². The average Bonchev–Trinajstić information content (AvgIpc) is 2.81. The molecule has 1 aliphatic heterocycles. The summed E-state index contributed by atoms with van der Waals surface area (Å²) >= 11 is 3.08. The summed E-state index contributed by atoms with van der Waals surface area (Å²) in [5.74, 6) is -1.17. The van der Waals surface area contributed by atoms with Crippen LogP contribution in [-0.4, -0.2) is 52.3 Å². The quantitative estimate of drug-likeness (QED) is 0.291. The van der Waals surface area contributed by atoms with E-state index in [0.717, 1.165) is 0 Å². The highest BCUT2D eigenvalue weighted by atomic mass is 79.9. The molecule has 12 heteroatoms. The van der Waals surface area contributed by atoms with Crippen molar-refractivity contribution in [3.8, 4) is 0 Å². The van der Waals surface area contributed by atoms with Gasteiger partial charge < -0.3 is 20.3 Å². The minimum atomic E-state index is -0.632. The van der Waals surface area contributed by atoms with E-state index in [1.54, 1.807) is 37.8 Å². The lowest BCUT2D eigenvalue weighted by molar-refractivity contribution is -0.117. The summed E-state index contributed by atoms with van der Waals surface area (Å²) in [5, 5.41) is 16.0. The number of aromatic nitrogens is 1. The molecule has 0 atom stereocenters. The first-order valence-corrected chi connectivity index (χ1v) is 12.1. The molecular formula is C24H28BrFN6O4. The molecule has 4 N–H and O–H groups in total. The molecule has 1 saturated heterocycles. The molecule has 0 radical (unpaired) electrons. The molecule has 1 fully saturated rings. The Hall–Kier alpha value is -3.54. The Morgan fingerprint density at radius 2 is 1.75 bits per heavy atom. The van der Waals surface area contributed by atoms with Crippen LogP contribution in [0.25, 0.3) is 0 Å². The van der Waals surface area contributed by atoms with Crippen LogP contribution in [-0.2, 0) is 9.53 Å². The highest BCUT2D eigenvalue weighted by molar-refractivity contribution is 9.10. The predicted molar refractivity (Wildman–Crippen MR) is 138 cm³/mol. The number of nitrogens with one attached hydrogen (secondary N) is 4. The van der Waals surface area contributed by atoms with Crippen molar-refractivity contribution in [2.45, 2.75) is 39.2 Å². The Labute approximate surface area is 216 Å². The molecule has 0 unspecified atom stereocenters. The van der Waals surface area contributed by atoms with Crippen LogP contribution in [0, 0.1) is 17.1 Å². The van der Waals surface area contributed by atoms with E-state index in [1.807, 2.05) is 0 Å². The number of ether oxygens (including phenoxy) is 1. The molecule has 0 spiro atoms. The summed E-state index contributed by atoms with van der Waals surface area (Å²) in [7, 11) is 0. The van der Waals surface area contributed by atoms with Crippen molar-refractivity contribution in [1.29, 1.82) is 5.41 Å². The summed E-state index contributed by atoms with van der Waals surface area (Å²) in [6, 6.07) is 6.96. The number of Topliss-reactive ketones (excluding diaryl/α,β-unsaturated/α-hetero) is 1. The molecule has 2 heterocycles. The Morgan fingerprint density at radius 1 is 1.08 bits per heavy atom. The summed E-state index contributed by atoms with van der Waals surface area (Å²) in [5.41, 5.74) is 0.246. The van der Waals surface area contributed by atoms with Crippen LogP contribution in [0.3, 0.4) is 0 Å². The van der Waals surface area contributed by atoms with Gasteiger partial charge in [-0.15, -0.1) is 0 Å². The summed E-state index contributed by atoms with van der Waals surface area (Å²) in [6.07, 6.45) is 1.63. The van der Waals surface area contributed by atoms with Gasteiger partial charge in [0.15, 0.2) is 5.84 Å². The number of amidine groups is 1. The summed E-state index contributed by atoms with van der Waals surface area (Å²) < 4.78 is 18.8. The number of piperidine rings is 1. The number of amides is 3. The maximum atomic E-state index is 13.4. The average molecular weight is 563 g/mol. The number of urea groups is 1. The molecule has 36 heavy (non-hydrogen) atoms. The standard InChI is InChI=1S/C24H28BrFN6O4/c1-24(2,3)36-23(35)31-19-7-5-16(13-28-19)30-22(34)32-10-8-14(9-11-32)20(33)21(27)29-15-4-6-18(26)17(25)12-15/h4-7,12-14H,8-11H2,1-3H3,(H2,27,29)(H,30,34)(H,28,31,35). The second-order valence-electron chi connectivity index (χ2n) is 9.24. The van der Waals surface area contributed by atoms with Crippen molar-refractivity contribution >= 4 is 56.9 Å². The van der Waals surface area contributed by atoms with E-state index in [9.17, 15) is 18.8 Å². The Balaban J connectivity index is 1.46. The number of nitrogens with zero attached hydrogens (tertiary/aromatic N) is 2. The Kier molecular flexibility index (Phi) is 8.62. The predicted octanol–water partition coefficient (Wildman–Crippen LogP) is 5.23. The van der Waals surface area contributed by atoms with Gasteiger partial charge in [0, 0.05) is 24.7 Å². The van der Waals surface area contributed by atoms with Crippen LogP contribution in [0.2, 0.25) is 0 Å².